The van der Waals surface area contributed by atoms with Crippen LogP contribution in [0.3, 0.4) is 0 Å². The maximum Gasteiger partial charge on any atom is 0.0234 e. The Morgan fingerprint density at radius 2 is 1.71 bits per heavy atom. The largest absolute Gasteiger partial charge is 0.330 e. The second-order valence-corrected chi connectivity index (χ2v) is 8.40. The van der Waals surface area contributed by atoms with Gasteiger partial charge in [0, 0.05) is 38.8 Å². The monoisotopic (exact) mass is 327 g/mol. The minimum Gasteiger partial charge on any atom is -0.330 e. The number of nitrogens with two attached hydrogens (primary N) is 1. The topological polar surface area (TPSA) is 32.5 Å². The average molecular weight is 328 g/mol. The third-order valence-electron chi connectivity index (χ3n) is 6.48. The molecule has 3 saturated heterocycles. The van der Waals surface area contributed by atoms with Gasteiger partial charge in [-0.3, -0.25) is 9.80 Å². The first kappa shape index (κ1) is 16.6. The Labute approximate surface area is 147 Å². The van der Waals surface area contributed by atoms with Gasteiger partial charge in [-0.15, -0.1) is 0 Å². The number of fused-ring (bicyclic) bond motifs is 4. The number of hydrogen-bond acceptors (Lipinski definition) is 3. The standard InChI is InChI=1S/C21H33N3/c22-11-10-17-4-6-19(7-5-17)12-23-13-20-8-9-21(16-23)24(15-20)14-18-2-1-3-18/h4-7,18,20-21H,1-3,8-16,22H2/t20-,21+/m1/s1. The lowest BCUT2D eigenvalue weighted by atomic mass is 9.83. The van der Waals surface area contributed by atoms with Crippen molar-refractivity contribution in [2.45, 2.75) is 51.1 Å². The van der Waals surface area contributed by atoms with E-state index in [9.17, 15) is 0 Å². The summed E-state index contributed by atoms with van der Waals surface area (Å²) in [6.45, 7) is 7.16. The van der Waals surface area contributed by atoms with Gasteiger partial charge in [0.1, 0.15) is 0 Å². The zero-order valence-electron chi connectivity index (χ0n) is 15.0. The Kier molecular flexibility index (Phi) is 5.21. The molecule has 1 aromatic rings. The van der Waals surface area contributed by atoms with Gasteiger partial charge < -0.3 is 5.73 Å². The Morgan fingerprint density at radius 1 is 0.917 bits per heavy atom. The molecule has 132 valence electrons. The number of benzene rings is 1. The van der Waals surface area contributed by atoms with Crippen LogP contribution in [0.5, 0.6) is 0 Å². The van der Waals surface area contributed by atoms with Crippen LogP contribution in [-0.2, 0) is 13.0 Å². The number of hydrogen-bond donors (Lipinski definition) is 1. The highest BCUT2D eigenvalue weighted by atomic mass is 15.3. The van der Waals surface area contributed by atoms with Crippen molar-refractivity contribution in [2.75, 3.05) is 32.7 Å². The van der Waals surface area contributed by atoms with Crippen LogP contribution in [0.4, 0.5) is 0 Å². The van der Waals surface area contributed by atoms with Gasteiger partial charge >= 0.3 is 0 Å². The molecular formula is C21H33N3. The van der Waals surface area contributed by atoms with E-state index in [1.165, 1.54) is 69.4 Å². The zero-order chi connectivity index (χ0) is 16.4. The van der Waals surface area contributed by atoms with Crippen LogP contribution in [0.15, 0.2) is 24.3 Å². The summed E-state index contributed by atoms with van der Waals surface area (Å²) in [4.78, 5) is 5.57. The number of nitrogens with zero attached hydrogens (tertiary/aromatic N) is 2. The lowest BCUT2D eigenvalue weighted by molar-refractivity contribution is 0.0891. The van der Waals surface area contributed by atoms with Crippen LogP contribution in [0, 0.1) is 11.8 Å². The van der Waals surface area contributed by atoms with Crippen LogP contribution in [0.25, 0.3) is 0 Å². The molecule has 0 amide bonds. The van der Waals surface area contributed by atoms with E-state index in [1.54, 1.807) is 0 Å². The normalized spacial score (nSPS) is 28.7. The summed E-state index contributed by atoms with van der Waals surface area (Å²) in [5, 5.41) is 0. The third kappa shape index (κ3) is 3.84. The molecule has 1 aliphatic carbocycles. The highest BCUT2D eigenvalue weighted by Gasteiger charge is 2.36. The summed E-state index contributed by atoms with van der Waals surface area (Å²) in [5.41, 5.74) is 8.48. The van der Waals surface area contributed by atoms with Gasteiger partial charge in [0.15, 0.2) is 0 Å². The smallest absolute Gasteiger partial charge is 0.0234 e. The van der Waals surface area contributed by atoms with Gasteiger partial charge in [0.2, 0.25) is 0 Å². The second-order valence-electron chi connectivity index (χ2n) is 8.40. The first-order valence-corrected chi connectivity index (χ1v) is 10.0. The molecule has 2 bridgehead atoms. The quantitative estimate of drug-likeness (QED) is 0.872. The molecule has 2 atom stereocenters. The van der Waals surface area contributed by atoms with Crippen LogP contribution in [0.2, 0.25) is 0 Å². The molecule has 0 unspecified atom stereocenters. The SMILES string of the molecule is NCCc1ccc(CN2C[C@H]3CC[C@@H](C2)N(CC2CCC2)C3)cc1. The van der Waals surface area contributed by atoms with Crippen molar-refractivity contribution in [1.29, 1.82) is 0 Å². The molecule has 3 heterocycles. The van der Waals surface area contributed by atoms with E-state index in [1.807, 2.05) is 0 Å². The Hall–Kier alpha value is -0.900. The van der Waals surface area contributed by atoms with Crippen molar-refractivity contribution in [2.24, 2.45) is 17.6 Å². The van der Waals surface area contributed by atoms with E-state index in [-0.39, 0.29) is 0 Å². The molecule has 3 heteroatoms. The summed E-state index contributed by atoms with van der Waals surface area (Å²) < 4.78 is 0. The van der Waals surface area contributed by atoms with Crippen LogP contribution in [0.1, 0.15) is 43.2 Å². The molecular weight excluding hydrogens is 294 g/mol. The lowest BCUT2D eigenvalue weighted by Crippen LogP contribution is -2.46. The Balaban J connectivity index is 1.36. The second kappa shape index (κ2) is 7.55. The highest BCUT2D eigenvalue weighted by molar-refractivity contribution is 5.22. The maximum atomic E-state index is 5.65. The fraction of sp³-hybridized carbons (Fsp3) is 0.714. The number of rotatable bonds is 6. The number of piperidine rings is 1. The Bertz CT molecular complexity index is 522. The third-order valence-corrected chi connectivity index (χ3v) is 6.48. The Morgan fingerprint density at radius 3 is 2.42 bits per heavy atom. The van der Waals surface area contributed by atoms with Crippen molar-refractivity contribution in [3.05, 3.63) is 35.4 Å². The predicted octanol–water partition coefficient (Wildman–Crippen LogP) is 2.88. The summed E-state index contributed by atoms with van der Waals surface area (Å²) in [6.07, 6.45) is 8.28. The van der Waals surface area contributed by atoms with Crippen molar-refractivity contribution in [1.82, 2.24) is 9.80 Å². The van der Waals surface area contributed by atoms with Gasteiger partial charge in [0.05, 0.1) is 0 Å². The molecule has 0 radical (unpaired) electrons. The molecule has 0 aromatic heterocycles. The predicted molar refractivity (Wildman–Crippen MR) is 99.9 cm³/mol. The van der Waals surface area contributed by atoms with E-state index in [0.717, 1.165) is 37.4 Å². The first-order valence-electron chi connectivity index (χ1n) is 10.0. The van der Waals surface area contributed by atoms with Crippen molar-refractivity contribution >= 4 is 0 Å². The minimum absolute atomic E-state index is 0.742. The van der Waals surface area contributed by atoms with E-state index in [0.29, 0.717) is 0 Å². The fourth-order valence-electron chi connectivity index (χ4n) is 4.87. The van der Waals surface area contributed by atoms with Gasteiger partial charge in [-0.2, -0.15) is 0 Å². The van der Waals surface area contributed by atoms with Gasteiger partial charge in [-0.1, -0.05) is 30.7 Å². The molecule has 3 nitrogen and oxygen atoms in total. The summed E-state index contributed by atoms with van der Waals surface area (Å²) in [5.74, 6) is 1.90. The molecule has 5 rings (SSSR count). The van der Waals surface area contributed by atoms with Crippen LogP contribution in [-0.4, -0.2) is 48.6 Å². The summed E-state index contributed by atoms with van der Waals surface area (Å²) in [6, 6.07) is 9.95. The summed E-state index contributed by atoms with van der Waals surface area (Å²) in [7, 11) is 0. The maximum absolute atomic E-state index is 5.65. The fourth-order valence-corrected chi connectivity index (χ4v) is 4.87. The van der Waals surface area contributed by atoms with E-state index >= 15 is 0 Å². The molecule has 24 heavy (non-hydrogen) atoms. The van der Waals surface area contributed by atoms with Gasteiger partial charge in [-0.25, -0.2) is 0 Å². The lowest BCUT2D eigenvalue weighted by Gasteiger charge is -2.40. The zero-order valence-corrected chi connectivity index (χ0v) is 15.0. The van der Waals surface area contributed by atoms with Crippen molar-refractivity contribution in [3.8, 4) is 0 Å². The van der Waals surface area contributed by atoms with Gasteiger partial charge in [0.25, 0.3) is 0 Å². The molecule has 1 saturated carbocycles. The van der Waals surface area contributed by atoms with E-state index < -0.39 is 0 Å². The molecule has 2 N–H and O–H groups in total. The van der Waals surface area contributed by atoms with Gasteiger partial charge in [-0.05, 0) is 61.6 Å². The van der Waals surface area contributed by atoms with E-state index in [4.69, 9.17) is 5.73 Å². The summed E-state index contributed by atoms with van der Waals surface area (Å²) >= 11 is 0. The average Bonchev–Trinajstić information content (AvgIpc) is 2.83. The molecule has 3 aliphatic heterocycles. The van der Waals surface area contributed by atoms with Crippen LogP contribution >= 0.6 is 0 Å². The molecule has 1 aromatic carbocycles. The highest BCUT2D eigenvalue weighted by Crippen LogP contribution is 2.33. The van der Waals surface area contributed by atoms with Crippen LogP contribution < -0.4 is 5.73 Å². The van der Waals surface area contributed by atoms with Crippen molar-refractivity contribution in [3.63, 3.8) is 0 Å². The minimum atomic E-state index is 0.742. The molecule has 4 fully saturated rings. The molecule has 0 spiro atoms. The van der Waals surface area contributed by atoms with Crippen molar-refractivity contribution < 1.29 is 0 Å². The molecule has 4 aliphatic rings. The van der Waals surface area contributed by atoms with E-state index in [2.05, 4.69) is 34.1 Å². The first-order chi connectivity index (χ1) is 11.8.